The molecule has 0 aliphatic carbocycles. The summed E-state index contributed by atoms with van der Waals surface area (Å²) in [5.74, 6) is 0. The summed E-state index contributed by atoms with van der Waals surface area (Å²) in [7, 11) is 2.08. The van der Waals surface area contributed by atoms with Crippen molar-refractivity contribution in [2.45, 2.75) is 25.8 Å². The van der Waals surface area contributed by atoms with Gasteiger partial charge in [-0.15, -0.1) is 10.2 Å². The number of rotatable bonds is 6. The van der Waals surface area contributed by atoms with E-state index in [4.69, 9.17) is 0 Å². The molecule has 1 atom stereocenters. The van der Waals surface area contributed by atoms with Crippen molar-refractivity contribution in [2.24, 2.45) is 7.05 Å². The van der Waals surface area contributed by atoms with Gasteiger partial charge in [-0.25, -0.2) is 0 Å². The molecule has 1 N–H and O–H groups in total. The maximum Gasteiger partial charge on any atom is 0.206 e. The Labute approximate surface area is 134 Å². The van der Waals surface area contributed by atoms with Crippen molar-refractivity contribution in [1.29, 1.82) is 0 Å². The Morgan fingerprint density at radius 3 is 2.86 bits per heavy atom. The smallest absolute Gasteiger partial charge is 0.206 e. The number of pyridine rings is 1. The third-order valence-electron chi connectivity index (χ3n) is 3.56. The van der Waals surface area contributed by atoms with E-state index in [0.29, 0.717) is 6.04 Å². The van der Waals surface area contributed by atoms with Crippen LogP contribution in [0.3, 0.4) is 0 Å². The van der Waals surface area contributed by atoms with Gasteiger partial charge in [-0.05, 0) is 44.0 Å². The van der Waals surface area contributed by atoms with Crippen LogP contribution in [0, 0.1) is 0 Å². The van der Waals surface area contributed by atoms with Gasteiger partial charge in [0.15, 0.2) is 5.01 Å². The lowest BCUT2D eigenvalue weighted by Crippen LogP contribution is -2.16. The van der Waals surface area contributed by atoms with Gasteiger partial charge >= 0.3 is 0 Å². The normalized spacial score (nSPS) is 12.3. The van der Waals surface area contributed by atoms with Gasteiger partial charge in [0.25, 0.3) is 0 Å². The highest BCUT2D eigenvalue weighted by Gasteiger charge is 2.10. The van der Waals surface area contributed by atoms with E-state index in [2.05, 4.69) is 57.4 Å². The molecule has 0 aromatic carbocycles. The zero-order valence-electron chi connectivity index (χ0n) is 12.7. The number of nitrogens with zero attached hydrogens (tertiary/aromatic N) is 4. The largest absolute Gasteiger partial charge is 0.358 e. The summed E-state index contributed by atoms with van der Waals surface area (Å²) in [5.41, 5.74) is 2.21. The third-order valence-corrected chi connectivity index (χ3v) is 4.44. The van der Waals surface area contributed by atoms with E-state index < -0.39 is 0 Å². The Balaban J connectivity index is 1.57. The van der Waals surface area contributed by atoms with E-state index in [9.17, 15) is 0 Å². The average molecular weight is 313 g/mol. The summed E-state index contributed by atoms with van der Waals surface area (Å²) in [5, 5.41) is 13.5. The topological polar surface area (TPSA) is 55.6 Å². The van der Waals surface area contributed by atoms with Crippen LogP contribution >= 0.6 is 11.3 Å². The molecule has 0 radical (unpaired) electrons. The van der Waals surface area contributed by atoms with Crippen LogP contribution in [-0.4, -0.2) is 25.8 Å². The van der Waals surface area contributed by atoms with E-state index in [-0.39, 0.29) is 0 Å². The van der Waals surface area contributed by atoms with Crippen molar-refractivity contribution in [1.82, 2.24) is 19.7 Å². The lowest BCUT2D eigenvalue weighted by atomic mass is 10.1. The fourth-order valence-electron chi connectivity index (χ4n) is 2.28. The van der Waals surface area contributed by atoms with Crippen molar-refractivity contribution in [3.8, 4) is 10.7 Å². The minimum Gasteiger partial charge on any atom is -0.358 e. The first kappa shape index (κ1) is 14.7. The molecule has 3 aromatic heterocycles. The Hall–Kier alpha value is -2.21. The predicted octanol–water partition coefficient (Wildman–Crippen LogP) is 3.37. The molecule has 1 unspecified atom stereocenters. The molecule has 3 heterocycles. The summed E-state index contributed by atoms with van der Waals surface area (Å²) >= 11 is 1.54. The number of aryl methyl sites for hydroxylation is 2. The molecular formula is C16H19N5S. The van der Waals surface area contributed by atoms with E-state index in [0.717, 1.165) is 28.7 Å². The van der Waals surface area contributed by atoms with Gasteiger partial charge in [-0.2, -0.15) is 0 Å². The molecule has 22 heavy (non-hydrogen) atoms. The zero-order chi connectivity index (χ0) is 15.4. The van der Waals surface area contributed by atoms with Crippen LogP contribution in [0.1, 0.15) is 19.0 Å². The number of anilines is 1. The van der Waals surface area contributed by atoms with Gasteiger partial charge in [0, 0.05) is 31.2 Å². The second-order valence-electron chi connectivity index (χ2n) is 5.32. The van der Waals surface area contributed by atoms with E-state index in [1.54, 1.807) is 6.20 Å². The number of nitrogens with one attached hydrogen (secondary N) is 1. The molecular weight excluding hydrogens is 294 g/mol. The minimum atomic E-state index is 0.347. The number of hydrogen-bond donors (Lipinski definition) is 1. The standard InChI is InChI=1S/C16H19N5S/c1-12(8-9-13-6-5-11-21(13)2)18-16-20-19-15(22-16)14-7-3-4-10-17-14/h3-7,10-12H,8-9H2,1-2H3,(H,18,20). The van der Waals surface area contributed by atoms with Crippen molar-refractivity contribution >= 4 is 16.5 Å². The monoisotopic (exact) mass is 313 g/mol. The van der Waals surface area contributed by atoms with Crippen molar-refractivity contribution in [3.63, 3.8) is 0 Å². The first-order valence-electron chi connectivity index (χ1n) is 7.34. The van der Waals surface area contributed by atoms with Crippen molar-refractivity contribution < 1.29 is 0 Å². The van der Waals surface area contributed by atoms with Gasteiger partial charge in [0.2, 0.25) is 5.13 Å². The molecule has 0 saturated heterocycles. The number of hydrogen-bond acceptors (Lipinski definition) is 5. The molecule has 0 aliphatic rings. The first-order chi connectivity index (χ1) is 10.7. The Morgan fingerprint density at radius 2 is 2.14 bits per heavy atom. The lowest BCUT2D eigenvalue weighted by Gasteiger charge is -2.12. The van der Waals surface area contributed by atoms with Gasteiger partial charge in [0.1, 0.15) is 5.69 Å². The molecule has 3 aromatic rings. The Bertz CT molecular complexity index is 719. The van der Waals surface area contributed by atoms with Crippen LogP contribution in [0.2, 0.25) is 0 Å². The molecule has 0 aliphatic heterocycles. The second-order valence-corrected chi connectivity index (χ2v) is 6.30. The fourth-order valence-corrected chi connectivity index (χ4v) is 3.11. The Morgan fingerprint density at radius 1 is 1.23 bits per heavy atom. The van der Waals surface area contributed by atoms with Crippen LogP contribution < -0.4 is 5.32 Å². The van der Waals surface area contributed by atoms with Gasteiger partial charge in [-0.3, -0.25) is 4.98 Å². The zero-order valence-corrected chi connectivity index (χ0v) is 13.5. The second kappa shape index (κ2) is 6.70. The molecule has 0 fully saturated rings. The fraction of sp³-hybridized carbons (Fsp3) is 0.312. The van der Waals surface area contributed by atoms with Crippen molar-refractivity contribution in [3.05, 3.63) is 48.4 Å². The molecule has 0 amide bonds. The lowest BCUT2D eigenvalue weighted by molar-refractivity contribution is 0.674. The highest BCUT2D eigenvalue weighted by molar-refractivity contribution is 7.18. The molecule has 3 rings (SSSR count). The van der Waals surface area contributed by atoms with E-state index in [1.165, 1.54) is 17.0 Å². The van der Waals surface area contributed by atoms with E-state index >= 15 is 0 Å². The average Bonchev–Trinajstić information content (AvgIpc) is 3.15. The third kappa shape index (κ3) is 3.51. The molecule has 0 bridgehead atoms. The predicted molar refractivity (Wildman–Crippen MR) is 90.0 cm³/mol. The Kier molecular flexibility index (Phi) is 4.48. The minimum absolute atomic E-state index is 0.347. The van der Waals surface area contributed by atoms with Crippen molar-refractivity contribution in [2.75, 3.05) is 5.32 Å². The summed E-state index contributed by atoms with van der Waals surface area (Å²) in [6.45, 7) is 2.17. The highest BCUT2D eigenvalue weighted by Crippen LogP contribution is 2.25. The van der Waals surface area contributed by atoms with Crippen LogP contribution in [0.25, 0.3) is 10.7 Å². The summed E-state index contributed by atoms with van der Waals surface area (Å²) < 4.78 is 2.16. The maximum atomic E-state index is 4.30. The van der Waals surface area contributed by atoms with E-state index in [1.807, 2.05) is 18.2 Å². The molecule has 0 spiro atoms. The van der Waals surface area contributed by atoms with Crippen LogP contribution in [-0.2, 0) is 13.5 Å². The summed E-state index contributed by atoms with van der Waals surface area (Å²) in [6, 6.07) is 10.4. The van der Waals surface area contributed by atoms with Crippen LogP contribution in [0.4, 0.5) is 5.13 Å². The molecule has 114 valence electrons. The molecule has 6 heteroatoms. The number of aromatic nitrogens is 4. The van der Waals surface area contributed by atoms with Crippen LogP contribution in [0.5, 0.6) is 0 Å². The van der Waals surface area contributed by atoms with Gasteiger partial charge in [0.05, 0.1) is 0 Å². The first-order valence-corrected chi connectivity index (χ1v) is 8.15. The maximum absolute atomic E-state index is 4.30. The molecule has 5 nitrogen and oxygen atoms in total. The summed E-state index contributed by atoms with van der Waals surface area (Å²) in [6.07, 6.45) is 5.95. The highest BCUT2D eigenvalue weighted by atomic mass is 32.1. The van der Waals surface area contributed by atoms with Crippen LogP contribution in [0.15, 0.2) is 42.7 Å². The van der Waals surface area contributed by atoms with Gasteiger partial charge in [-0.1, -0.05) is 17.4 Å². The quantitative estimate of drug-likeness (QED) is 0.758. The SMILES string of the molecule is CC(CCc1cccn1C)Nc1nnc(-c2ccccn2)s1. The summed E-state index contributed by atoms with van der Waals surface area (Å²) in [4.78, 5) is 4.30. The molecule has 0 saturated carbocycles. The van der Waals surface area contributed by atoms with Gasteiger partial charge < -0.3 is 9.88 Å².